The first kappa shape index (κ1) is 14.2. The standard InChI is InChI=1S/C15H24N6/c1-5-21-14-12(19-20-21)13(16-9-17-14)18-11-6-10(2)7-15(3,4)8-11/h9-11H,5-8H2,1-4H3,(H,16,17,18)/t10-,11+/m1/s1. The van der Waals surface area contributed by atoms with Crippen LogP contribution in [0.15, 0.2) is 6.33 Å². The van der Waals surface area contributed by atoms with Gasteiger partial charge in [-0.1, -0.05) is 26.0 Å². The lowest BCUT2D eigenvalue weighted by atomic mass is 9.70. The van der Waals surface area contributed by atoms with Crippen molar-refractivity contribution in [2.75, 3.05) is 5.32 Å². The molecule has 2 aromatic heterocycles. The van der Waals surface area contributed by atoms with Gasteiger partial charge in [-0.2, -0.15) is 0 Å². The largest absolute Gasteiger partial charge is 0.365 e. The summed E-state index contributed by atoms with van der Waals surface area (Å²) in [5.41, 5.74) is 1.95. The monoisotopic (exact) mass is 288 g/mol. The molecule has 6 heteroatoms. The van der Waals surface area contributed by atoms with Crippen LogP contribution in [0.1, 0.15) is 47.0 Å². The van der Waals surface area contributed by atoms with Gasteiger partial charge in [-0.25, -0.2) is 14.6 Å². The lowest BCUT2D eigenvalue weighted by molar-refractivity contribution is 0.178. The first-order valence-electron chi connectivity index (χ1n) is 7.79. The minimum atomic E-state index is 0.377. The highest BCUT2D eigenvalue weighted by Gasteiger charge is 2.32. The van der Waals surface area contributed by atoms with Crippen LogP contribution in [-0.4, -0.2) is 31.0 Å². The second-order valence-electron chi connectivity index (χ2n) is 7.05. The van der Waals surface area contributed by atoms with E-state index in [2.05, 4.69) is 46.4 Å². The van der Waals surface area contributed by atoms with Gasteiger partial charge in [0.1, 0.15) is 6.33 Å². The third kappa shape index (κ3) is 2.84. The Labute approximate surface area is 125 Å². The van der Waals surface area contributed by atoms with Gasteiger partial charge < -0.3 is 5.32 Å². The molecule has 0 amide bonds. The zero-order valence-corrected chi connectivity index (χ0v) is 13.3. The summed E-state index contributed by atoms with van der Waals surface area (Å²) in [6.07, 6.45) is 5.22. The molecule has 0 radical (unpaired) electrons. The van der Waals surface area contributed by atoms with Gasteiger partial charge in [0.25, 0.3) is 0 Å². The number of fused-ring (bicyclic) bond motifs is 1. The van der Waals surface area contributed by atoms with Crippen LogP contribution in [0.25, 0.3) is 11.2 Å². The Kier molecular flexibility index (Phi) is 3.55. The lowest BCUT2D eigenvalue weighted by Gasteiger charge is -2.39. The van der Waals surface area contributed by atoms with Crippen LogP contribution >= 0.6 is 0 Å². The van der Waals surface area contributed by atoms with Gasteiger partial charge in [0.2, 0.25) is 0 Å². The summed E-state index contributed by atoms with van der Waals surface area (Å²) < 4.78 is 1.80. The van der Waals surface area contributed by atoms with Crippen LogP contribution in [-0.2, 0) is 6.54 Å². The van der Waals surface area contributed by atoms with Crippen LogP contribution < -0.4 is 5.32 Å². The van der Waals surface area contributed by atoms with E-state index in [4.69, 9.17) is 0 Å². The van der Waals surface area contributed by atoms with E-state index >= 15 is 0 Å². The van der Waals surface area contributed by atoms with Crippen molar-refractivity contribution in [2.24, 2.45) is 11.3 Å². The van der Waals surface area contributed by atoms with Crippen LogP contribution in [0.3, 0.4) is 0 Å². The molecule has 0 aromatic carbocycles. The number of hydrogen-bond acceptors (Lipinski definition) is 5. The van der Waals surface area contributed by atoms with Crippen molar-refractivity contribution in [1.82, 2.24) is 25.0 Å². The molecular formula is C15H24N6. The van der Waals surface area contributed by atoms with E-state index < -0.39 is 0 Å². The Hall–Kier alpha value is -1.72. The van der Waals surface area contributed by atoms with Crippen molar-refractivity contribution in [3.05, 3.63) is 6.33 Å². The molecule has 0 aliphatic heterocycles. The second kappa shape index (κ2) is 5.24. The number of nitrogens with one attached hydrogen (secondary N) is 1. The normalized spacial score (nSPS) is 25.1. The molecule has 2 atom stereocenters. The summed E-state index contributed by atoms with van der Waals surface area (Å²) in [5.74, 6) is 1.55. The van der Waals surface area contributed by atoms with Crippen molar-refractivity contribution in [3.63, 3.8) is 0 Å². The summed E-state index contributed by atoms with van der Waals surface area (Å²) in [5, 5.41) is 12.0. The highest BCUT2D eigenvalue weighted by molar-refractivity contribution is 5.81. The summed E-state index contributed by atoms with van der Waals surface area (Å²) in [4.78, 5) is 8.68. The molecule has 1 aliphatic carbocycles. The molecule has 1 saturated carbocycles. The molecule has 0 spiro atoms. The average molecular weight is 288 g/mol. The van der Waals surface area contributed by atoms with Gasteiger partial charge in [0, 0.05) is 12.6 Å². The summed E-state index contributed by atoms with van der Waals surface area (Å²) in [6.45, 7) is 9.83. The highest BCUT2D eigenvalue weighted by Crippen LogP contribution is 2.39. The number of aryl methyl sites for hydroxylation is 1. The Bertz CT molecular complexity index is 632. The molecule has 114 valence electrons. The molecule has 0 unspecified atom stereocenters. The predicted molar refractivity (Wildman–Crippen MR) is 83.0 cm³/mol. The van der Waals surface area contributed by atoms with Crippen molar-refractivity contribution in [2.45, 2.75) is 59.5 Å². The molecular weight excluding hydrogens is 264 g/mol. The van der Waals surface area contributed by atoms with Gasteiger partial charge in [0.15, 0.2) is 17.0 Å². The van der Waals surface area contributed by atoms with Crippen molar-refractivity contribution in [3.8, 4) is 0 Å². The van der Waals surface area contributed by atoms with E-state index in [-0.39, 0.29) is 0 Å². The molecule has 3 rings (SSSR count). The van der Waals surface area contributed by atoms with Crippen LogP contribution in [0.4, 0.5) is 5.82 Å². The fraction of sp³-hybridized carbons (Fsp3) is 0.733. The van der Waals surface area contributed by atoms with Gasteiger partial charge in [-0.05, 0) is 37.5 Å². The maximum atomic E-state index is 4.38. The maximum Gasteiger partial charge on any atom is 0.183 e. The van der Waals surface area contributed by atoms with E-state index in [1.165, 1.54) is 12.8 Å². The Morgan fingerprint density at radius 1 is 1.33 bits per heavy atom. The smallest absolute Gasteiger partial charge is 0.183 e. The first-order valence-corrected chi connectivity index (χ1v) is 7.79. The number of rotatable bonds is 3. The Balaban J connectivity index is 1.86. The molecule has 6 nitrogen and oxygen atoms in total. The zero-order valence-electron chi connectivity index (χ0n) is 13.3. The zero-order chi connectivity index (χ0) is 15.0. The number of hydrogen-bond donors (Lipinski definition) is 1. The maximum absolute atomic E-state index is 4.38. The molecule has 1 N–H and O–H groups in total. The lowest BCUT2D eigenvalue weighted by Crippen LogP contribution is -2.35. The number of aromatic nitrogens is 5. The van der Waals surface area contributed by atoms with E-state index in [0.717, 1.165) is 35.9 Å². The quantitative estimate of drug-likeness (QED) is 0.940. The minimum Gasteiger partial charge on any atom is -0.365 e. The second-order valence-corrected chi connectivity index (χ2v) is 7.05. The SMILES string of the molecule is CCn1nnc2c(N[C@H]3C[C@@H](C)CC(C)(C)C3)ncnc21. The third-order valence-corrected chi connectivity index (χ3v) is 4.33. The summed E-state index contributed by atoms with van der Waals surface area (Å²) >= 11 is 0. The summed E-state index contributed by atoms with van der Waals surface area (Å²) in [6, 6.07) is 0.439. The van der Waals surface area contributed by atoms with E-state index in [0.29, 0.717) is 11.5 Å². The molecule has 0 saturated heterocycles. The predicted octanol–water partition coefficient (Wildman–Crippen LogP) is 2.87. The van der Waals surface area contributed by atoms with E-state index in [1.807, 2.05) is 6.92 Å². The summed E-state index contributed by atoms with van der Waals surface area (Å²) in [7, 11) is 0. The molecule has 1 fully saturated rings. The van der Waals surface area contributed by atoms with E-state index in [1.54, 1.807) is 11.0 Å². The van der Waals surface area contributed by atoms with Crippen LogP contribution in [0.2, 0.25) is 0 Å². The Morgan fingerprint density at radius 3 is 2.86 bits per heavy atom. The number of nitrogens with zero attached hydrogens (tertiary/aromatic N) is 5. The minimum absolute atomic E-state index is 0.377. The van der Waals surface area contributed by atoms with Crippen molar-refractivity contribution in [1.29, 1.82) is 0 Å². The topological polar surface area (TPSA) is 68.5 Å². The van der Waals surface area contributed by atoms with Gasteiger partial charge >= 0.3 is 0 Å². The molecule has 1 aliphatic rings. The van der Waals surface area contributed by atoms with Gasteiger partial charge in [-0.15, -0.1) is 5.10 Å². The molecule has 2 aromatic rings. The molecule has 0 bridgehead atoms. The Morgan fingerprint density at radius 2 is 2.14 bits per heavy atom. The van der Waals surface area contributed by atoms with Gasteiger partial charge in [-0.3, -0.25) is 0 Å². The molecule has 21 heavy (non-hydrogen) atoms. The highest BCUT2D eigenvalue weighted by atomic mass is 15.4. The molecule has 2 heterocycles. The van der Waals surface area contributed by atoms with Crippen molar-refractivity contribution >= 4 is 17.0 Å². The van der Waals surface area contributed by atoms with Gasteiger partial charge in [0.05, 0.1) is 0 Å². The fourth-order valence-corrected chi connectivity index (χ4v) is 3.76. The van der Waals surface area contributed by atoms with Crippen LogP contribution in [0, 0.1) is 11.3 Å². The van der Waals surface area contributed by atoms with Crippen molar-refractivity contribution < 1.29 is 0 Å². The first-order chi connectivity index (χ1) is 9.98. The fourth-order valence-electron chi connectivity index (χ4n) is 3.76. The number of anilines is 1. The van der Waals surface area contributed by atoms with E-state index in [9.17, 15) is 0 Å². The van der Waals surface area contributed by atoms with Crippen LogP contribution in [0.5, 0.6) is 0 Å². The third-order valence-electron chi connectivity index (χ3n) is 4.33. The average Bonchev–Trinajstić information content (AvgIpc) is 2.80.